The molecule has 0 saturated carbocycles. The molecule has 2 aromatic rings. The van der Waals surface area contributed by atoms with Crippen LogP contribution in [-0.4, -0.2) is 34.5 Å². The van der Waals surface area contributed by atoms with Crippen molar-refractivity contribution in [2.45, 2.75) is 39.5 Å². The Morgan fingerprint density at radius 1 is 1.42 bits per heavy atom. The van der Waals surface area contributed by atoms with Gasteiger partial charge in [0.05, 0.1) is 17.3 Å². The normalized spacial score (nSPS) is 14.8. The maximum Gasteiger partial charge on any atom is 0.414 e. The Morgan fingerprint density at radius 3 is 2.85 bits per heavy atom. The van der Waals surface area contributed by atoms with E-state index in [1.54, 1.807) is 26.0 Å². The Hall–Kier alpha value is -3.91. The number of aromatic amines is 1. The van der Waals surface area contributed by atoms with E-state index in [0.717, 1.165) is 12.0 Å². The molecular formula is C21H21ClN6O5. The van der Waals surface area contributed by atoms with Crippen LogP contribution in [0.15, 0.2) is 22.0 Å². The van der Waals surface area contributed by atoms with Crippen LogP contribution in [0.5, 0.6) is 11.6 Å². The van der Waals surface area contributed by atoms with Crippen molar-refractivity contribution in [2.24, 2.45) is 5.10 Å². The number of H-pyrrole nitrogens is 1. The minimum Gasteiger partial charge on any atom is -0.450 e. The lowest BCUT2D eigenvalue weighted by Crippen LogP contribution is -2.36. The SMILES string of the molecule is CCOC(=O)NC(=O)/C(C#N)=N/Nc1cc(C)c(Oc2n[nH]c(=O)c3c2CC[C@@H]3C)c(Cl)c1. The van der Waals surface area contributed by atoms with E-state index in [0.29, 0.717) is 34.9 Å². The van der Waals surface area contributed by atoms with Gasteiger partial charge in [-0.05, 0) is 50.3 Å². The molecule has 1 aliphatic rings. The van der Waals surface area contributed by atoms with Gasteiger partial charge in [0.25, 0.3) is 11.5 Å². The van der Waals surface area contributed by atoms with E-state index in [1.807, 2.05) is 12.2 Å². The summed E-state index contributed by atoms with van der Waals surface area (Å²) >= 11 is 6.39. The highest BCUT2D eigenvalue weighted by Gasteiger charge is 2.27. The van der Waals surface area contributed by atoms with Crippen LogP contribution in [0.2, 0.25) is 5.02 Å². The summed E-state index contributed by atoms with van der Waals surface area (Å²) in [6.45, 7) is 5.36. The lowest BCUT2D eigenvalue weighted by atomic mass is 10.1. The number of hydrogen-bond acceptors (Lipinski definition) is 9. The van der Waals surface area contributed by atoms with Crippen LogP contribution in [0.4, 0.5) is 10.5 Å². The van der Waals surface area contributed by atoms with Crippen LogP contribution in [0.3, 0.4) is 0 Å². The van der Waals surface area contributed by atoms with Gasteiger partial charge in [0, 0.05) is 11.1 Å². The number of nitrogens with zero attached hydrogens (tertiary/aromatic N) is 3. The summed E-state index contributed by atoms with van der Waals surface area (Å²) in [5.74, 6) is -0.267. The van der Waals surface area contributed by atoms with Gasteiger partial charge in [0.1, 0.15) is 6.07 Å². The number of hydrazone groups is 1. The number of carbonyl (C=O) groups excluding carboxylic acids is 2. The second-order valence-corrected chi connectivity index (χ2v) is 7.66. The summed E-state index contributed by atoms with van der Waals surface area (Å²) in [5.41, 5.74) is 4.18. The molecule has 0 spiro atoms. The van der Waals surface area contributed by atoms with E-state index in [1.165, 1.54) is 6.07 Å². The Kier molecular flexibility index (Phi) is 7.30. The number of nitriles is 1. The van der Waals surface area contributed by atoms with Crippen LogP contribution >= 0.6 is 11.6 Å². The van der Waals surface area contributed by atoms with Gasteiger partial charge < -0.3 is 9.47 Å². The highest BCUT2D eigenvalue weighted by molar-refractivity contribution is 6.46. The molecule has 1 heterocycles. The lowest BCUT2D eigenvalue weighted by Gasteiger charge is -2.14. The highest BCUT2D eigenvalue weighted by Crippen LogP contribution is 2.39. The molecule has 1 aromatic heterocycles. The van der Waals surface area contributed by atoms with Crippen molar-refractivity contribution in [3.8, 4) is 17.7 Å². The zero-order chi connectivity index (χ0) is 24.1. The molecule has 0 bridgehead atoms. The Morgan fingerprint density at radius 2 is 2.18 bits per heavy atom. The van der Waals surface area contributed by atoms with Gasteiger partial charge in [0.15, 0.2) is 5.75 Å². The van der Waals surface area contributed by atoms with Gasteiger partial charge in [-0.1, -0.05) is 18.5 Å². The molecule has 0 radical (unpaired) electrons. The maximum atomic E-state index is 12.1. The second kappa shape index (κ2) is 10.1. The number of nitrogens with one attached hydrogen (secondary N) is 3. The third-order valence-electron chi connectivity index (χ3n) is 4.94. The second-order valence-electron chi connectivity index (χ2n) is 7.25. The van der Waals surface area contributed by atoms with Crippen LogP contribution in [0, 0.1) is 18.3 Å². The fraction of sp³-hybridized carbons (Fsp3) is 0.333. The number of fused-ring (bicyclic) bond motifs is 1. The number of carbonyl (C=O) groups is 2. The first kappa shape index (κ1) is 23.7. The number of amides is 2. The monoisotopic (exact) mass is 472 g/mol. The minimum absolute atomic E-state index is 0.0685. The molecule has 3 N–H and O–H groups in total. The predicted octanol–water partition coefficient (Wildman–Crippen LogP) is 3.14. The standard InChI is InChI=1S/C21H21ClN6O5/c1-4-32-21(31)24-18(29)15(9-23)26-25-12-7-11(3)17(14(22)8-12)33-20-13-6-5-10(2)16(13)19(30)27-28-20/h7-8,10,25H,4-6H2,1-3H3,(H,27,30)(H,24,29,31)/b26-15+/t10-/m0/s1. The van der Waals surface area contributed by atoms with Crippen LogP contribution in [0.1, 0.15) is 42.9 Å². The summed E-state index contributed by atoms with van der Waals surface area (Å²) < 4.78 is 10.5. The third kappa shape index (κ3) is 5.30. The summed E-state index contributed by atoms with van der Waals surface area (Å²) in [4.78, 5) is 35.4. The molecule has 1 atom stereocenters. The van der Waals surface area contributed by atoms with Crippen molar-refractivity contribution in [1.82, 2.24) is 15.5 Å². The van der Waals surface area contributed by atoms with Crippen molar-refractivity contribution in [3.63, 3.8) is 0 Å². The van der Waals surface area contributed by atoms with Crippen LogP contribution in [-0.2, 0) is 16.0 Å². The smallest absolute Gasteiger partial charge is 0.414 e. The van der Waals surface area contributed by atoms with Gasteiger partial charge in [-0.25, -0.2) is 9.89 Å². The van der Waals surface area contributed by atoms with Crippen molar-refractivity contribution in [2.75, 3.05) is 12.0 Å². The molecule has 172 valence electrons. The van der Waals surface area contributed by atoms with E-state index in [-0.39, 0.29) is 23.1 Å². The average molecular weight is 473 g/mol. The Bertz CT molecular complexity index is 1210. The van der Waals surface area contributed by atoms with E-state index < -0.39 is 17.7 Å². The number of benzene rings is 1. The van der Waals surface area contributed by atoms with Crippen molar-refractivity contribution in [1.29, 1.82) is 5.26 Å². The number of aryl methyl sites for hydroxylation is 1. The quantitative estimate of drug-likeness (QED) is 0.427. The van der Waals surface area contributed by atoms with Crippen molar-refractivity contribution >= 4 is 35.0 Å². The van der Waals surface area contributed by atoms with E-state index >= 15 is 0 Å². The lowest BCUT2D eigenvalue weighted by molar-refractivity contribution is -0.114. The first-order valence-corrected chi connectivity index (χ1v) is 10.4. The Labute approximate surface area is 193 Å². The Balaban J connectivity index is 1.79. The highest BCUT2D eigenvalue weighted by atomic mass is 35.5. The van der Waals surface area contributed by atoms with Gasteiger partial charge >= 0.3 is 6.09 Å². The average Bonchev–Trinajstić information content (AvgIpc) is 3.15. The maximum absolute atomic E-state index is 12.1. The summed E-state index contributed by atoms with van der Waals surface area (Å²) in [6.07, 6.45) is 0.528. The number of imide groups is 1. The number of aromatic nitrogens is 2. The first-order valence-electron chi connectivity index (χ1n) is 10.1. The van der Waals surface area contributed by atoms with Crippen molar-refractivity contribution < 1.29 is 19.1 Å². The summed E-state index contributed by atoms with van der Waals surface area (Å²) in [5, 5.41) is 21.5. The zero-order valence-electron chi connectivity index (χ0n) is 18.1. The van der Waals surface area contributed by atoms with Crippen molar-refractivity contribution in [3.05, 3.63) is 44.2 Å². The molecule has 3 rings (SSSR count). The number of ether oxygens (including phenoxy) is 2. The van der Waals surface area contributed by atoms with Gasteiger partial charge in [0.2, 0.25) is 11.6 Å². The molecule has 0 saturated heterocycles. The topological polar surface area (TPSA) is 159 Å². The predicted molar refractivity (Wildman–Crippen MR) is 120 cm³/mol. The molecule has 1 aliphatic carbocycles. The molecule has 12 heteroatoms. The van der Waals surface area contributed by atoms with E-state index in [9.17, 15) is 14.4 Å². The largest absolute Gasteiger partial charge is 0.450 e. The van der Waals surface area contributed by atoms with Gasteiger partial charge in [-0.3, -0.25) is 20.3 Å². The van der Waals surface area contributed by atoms with Crippen LogP contribution < -0.4 is 21.0 Å². The molecule has 1 aromatic carbocycles. The molecule has 11 nitrogen and oxygen atoms in total. The fourth-order valence-corrected chi connectivity index (χ4v) is 3.73. The number of anilines is 1. The first-order chi connectivity index (χ1) is 15.7. The molecule has 0 fully saturated rings. The number of alkyl carbamates (subject to hydrolysis) is 1. The molecule has 0 aliphatic heterocycles. The van der Waals surface area contributed by atoms with Gasteiger partial charge in [-0.15, -0.1) is 5.10 Å². The summed E-state index contributed by atoms with van der Waals surface area (Å²) in [7, 11) is 0. The zero-order valence-corrected chi connectivity index (χ0v) is 18.9. The van der Waals surface area contributed by atoms with E-state index in [2.05, 4.69) is 25.5 Å². The number of rotatable bonds is 6. The number of halogens is 1. The molecular weight excluding hydrogens is 452 g/mol. The molecule has 2 amide bonds. The number of hydrogen-bond donors (Lipinski definition) is 3. The van der Waals surface area contributed by atoms with Crippen LogP contribution in [0.25, 0.3) is 0 Å². The fourth-order valence-electron chi connectivity index (χ4n) is 3.42. The third-order valence-corrected chi connectivity index (χ3v) is 5.22. The molecule has 0 unspecified atom stereocenters. The summed E-state index contributed by atoms with van der Waals surface area (Å²) in [6, 6.07) is 4.72. The molecule has 33 heavy (non-hydrogen) atoms. The van der Waals surface area contributed by atoms with E-state index in [4.69, 9.17) is 21.6 Å². The van der Waals surface area contributed by atoms with Gasteiger partial charge in [-0.2, -0.15) is 10.4 Å². The minimum atomic E-state index is -1.02.